The molecular formula is C16H22FN3. The van der Waals surface area contributed by atoms with Crippen LogP contribution in [0.25, 0.3) is 0 Å². The fraction of sp³-hybridized carbons (Fsp3) is 0.438. The van der Waals surface area contributed by atoms with Crippen molar-refractivity contribution in [2.45, 2.75) is 39.3 Å². The molecule has 0 spiro atoms. The van der Waals surface area contributed by atoms with Crippen LogP contribution >= 0.6 is 0 Å². The first-order chi connectivity index (χ1) is 9.63. The Morgan fingerprint density at radius 2 is 2.15 bits per heavy atom. The minimum Gasteiger partial charge on any atom is -0.315 e. The lowest BCUT2D eigenvalue weighted by atomic mass is 10.2. The summed E-state index contributed by atoms with van der Waals surface area (Å²) in [6.07, 6.45) is 6.06. The zero-order valence-electron chi connectivity index (χ0n) is 12.1. The lowest BCUT2D eigenvalue weighted by molar-refractivity contribution is 0.570. The molecule has 1 heterocycles. The molecule has 1 aromatic carbocycles. The van der Waals surface area contributed by atoms with Crippen LogP contribution in [0, 0.1) is 5.82 Å². The maximum absolute atomic E-state index is 13.1. The standard InChI is InChI=1S/C16H22FN3/c1-13(2)18-8-4-6-15-10-19-20(12-15)11-14-5-3-7-16(17)9-14/h3,5,7,9-10,12-13,18H,4,6,8,11H2,1-2H3. The van der Waals surface area contributed by atoms with Gasteiger partial charge in [-0.05, 0) is 42.6 Å². The minimum absolute atomic E-state index is 0.199. The SMILES string of the molecule is CC(C)NCCCc1cnn(Cc2cccc(F)c2)c1. The Balaban J connectivity index is 1.83. The summed E-state index contributed by atoms with van der Waals surface area (Å²) in [5.74, 6) is -0.199. The number of nitrogens with one attached hydrogen (secondary N) is 1. The summed E-state index contributed by atoms with van der Waals surface area (Å²) in [5, 5.41) is 7.73. The van der Waals surface area contributed by atoms with Gasteiger partial charge in [0.05, 0.1) is 12.7 Å². The number of nitrogens with zero attached hydrogens (tertiary/aromatic N) is 2. The molecular weight excluding hydrogens is 253 g/mol. The molecule has 2 rings (SSSR count). The molecule has 0 radical (unpaired) electrons. The van der Waals surface area contributed by atoms with Gasteiger partial charge in [0.2, 0.25) is 0 Å². The number of benzene rings is 1. The normalized spacial score (nSPS) is 11.2. The first-order valence-electron chi connectivity index (χ1n) is 7.12. The molecule has 0 unspecified atom stereocenters. The number of halogens is 1. The van der Waals surface area contributed by atoms with Gasteiger partial charge in [-0.3, -0.25) is 4.68 Å². The summed E-state index contributed by atoms with van der Waals surface area (Å²) in [6.45, 7) is 5.93. The van der Waals surface area contributed by atoms with Crippen LogP contribution in [-0.2, 0) is 13.0 Å². The maximum atomic E-state index is 13.1. The average Bonchev–Trinajstić information content (AvgIpc) is 2.82. The number of rotatable bonds is 7. The second-order valence-electron chi connectivity index (χ2n) is 5.39. The van der Waals surface area contributed by atoms with Crippen LogP contribution in [0.1, 0.15) is 31.4 Å². The molecule has 20 heavy (non-hydrogen) atoms. The minimum atomic E-state index is -0.199. The highest BCUT2D eigenvalue weighted by Crippen LogP contribution is 2.07. The van der Waals surface area contributed by atoms with Gasteiger partial charge in [-0.1, -0.05) is 26.0 Å². The van der Waals surface area contributed by atoms with E-state index in [1.165, 1.54) is 11.6 Å². The first kappa shape index (κ1) is 14.7. The van der Waals surface area contributed by atoms with Crippen LogP contribution in [0.3, 0.4) is 0 Å². The van der Waals surface area contributed by atoms with Crippen LogP contribution in [-0.4, -0.2) is 22.4 Å². The fourth-order valence-corrected chi connectivity index (χ4v) is 2.13. The molecule has 0 saturated heterocycles. The lowest BCUT2D eigenvalue weighted by Crippen LogP contribution is -2.23. The Labute approximate surface area is 119 Å². The van der Waals surface area contributed by atoms with Crippen LogP contribution in [0.2, 0.25) is 0 Å². The largest absolute Gasteiger partial charge is 0.315 e. The van der Waals surface area contributed by atoms with Gasteiger partial charge in [0, 0.05) is 12.2 Å². The quantitative estimate of drug-likeness (QED) is 0.787. The highest BCUT2D eigenvalue weighted by molar-refractivity contribution is 5.17. The van der Waals surface area contributed by atoms with Crippen molar-refractivity contribution >= 4 is 0 Å². The molecule has 0 bridgehead atoms. The summed E-state index contributed by atoms with van der Waals surface area (Å²) >= 11 is 0. The predicted octanol–water partition coefficient (Wildman–Crippen LogP) is 3.00. The van der Waals surface area contributed by atoms with E-state index in [0.29, 0.717) is 12.6 Å². The van der Waals surface area contributed by atoms with Crippen molar-refractivity contribution < 1.29 is 4.39 Å². The number of aryl methyl sites for hydroxylation is 1. The van der Waals surface area contributed by atoms with E-state index in [2.05, 4.69) is 24.3 Å². The second-order valence-corrected chi connectivity index (χ2v) is 5.39. The molecule has 1 N–H and O–H groups in total. The molecule has 0 aliphatic heterocycles. The third-order valence-corrected chi connectivity index (χ3v) is 3.12. The summed E-state index contributed by atoms with van der Waals surface area (Å²) < 4.78 is 15.0. The molecule has 0 aliphatic rings. The van der Waals surface area contributed by atoms with Gasteiger partial charge < -0.3 is 5.32 Å². The molecule has 0 aliphatic carbocycles. The number of aromatic nitrogens is 2. The van der Waals surface area contributed by atoms with Crippen molar-refractivity contribution in [3.8, 4) is 0 Å². The molecule has 4 heteroatoms. The van der Waals surface area contributed by atoms with E-state index in [9.17, 15) is 4.39 Å². The first-order valence-corrected chi connectivity index (χ1v) is 7.12. The van der Waals surface area contributed by atoms with Crippen LogP contribution in [0.15, 0.2) is 36.7 Å². The Kier molecular flexibility index (Phi) is 5.30. The van der Waals surface area contributed by atoms with Gasteiger partial charge in [-0.2, -0.15) is 5.10 Å². The van der Waals surface area contributed by atoms with Gasteiger partial charge in [0.1, 0.15) is 5.82 Å². The van der Waals surface area contributed by atoms with E-state index in [0.717, 1.165) is 24.9 Å². The topological polar surface area (TPSA) is 29.9 Å². The molecule has 3 nitrogen and oxygen atoms in total. The van der Waals surface area contributed by atoms with E-state index >= 15 is 0 Å². The van der Waals surface area contributed by atoms with Crippen molar-refractivity contribution in [1.82, 2.24) is 15.1 Å². The van der Waals surface area contributed by atoms with Crippen molar-refractivity contribution in [2.24, 2.45) is 0 Å². The third-order valence-electron chi connectivity index (χ3n) is 3.12. The fourth-order valence-electron chi connectivity index (χ4n) is 2.13. The van der Waals surface area contributed by atoms with E-state index in [4.69, 9.17) is 0 Å². The summed E-state index contributed by atoms with van der Waals surface area (Å²) in [7, 11) is 0. The van der Waals surface area contributed by atoms with Gasteiger partial charge in [0.15, 0.2) is 0 Å². The molecule has 0 fully saturated rings. The van der Waals surface area contributed by atoms with Crippen molar-refractivity contribution in [2.75, 3.05) is 6.54 Å². The number of hydrogen-bond acceptors (Lipinski definition) is 2. The van der Waals surface area contributed by atoms with Crippen LogP contribution in [0.5, 0.6) is 0 Å². The van der Waals surface area contributed by atoms with E-state index in [1.807, 2.05) is 23.1 Å². The van der Waals surface area contributed by atoms with Gasteiger partial charge in [0.25, 0.3) is 0 Å². The van der Waals surface area contributed by atoms with Gasteiger partial charge in [-0.15, -0.1) is 0 Å². The Morgan fingerprint density at radius 3 is 2.90 bits per heavy atom. The van der Waals surface area contributed by atoms with Crippen molar-refractivity contribution in [3.05, 3.63) is 53.6 Å². The van der Waals surface area contributed by atoms with E-state index < -0.39 is 0 Å². The monoisotopic (exact) mass is 275 g/mol. The molecule has 0 atom stereocenters. The zero-order valence-corrected chi connectivity index (χ0v) is 12.1. The molecule has 0 amide bonds. The number of hydrogen-bond donors (Lipinski definition) is 1. The van der Waals surface area contributed by atoms with Crippen molar-refractivity contribution in [3.63, 3.8) is 0 Å². The molecule has 108 valence electrons. The highest BCUT2D eigenvalue weighted by atomic mass is 19.1. The summed E-state index contributed by atoms with van der Waals surface area (Å²) in [6, 6.07) is 7.18. The van der Waals surface area contributed by atoms with E-state index in [-0.39, 0.29) is 5.82 Å². The van der Waals surface area contributed by atoms with Crippen molar-refractivity contribution in [1.29, 1.82) is 0 Å². The van der Waals surface area contributed by atoms with E-state index in [1.54, 1.807) is 12.1 Å². The Bertz CT molecular complexity index is 534. The summed E-state index contributed by atoms with van der Waals surface area (Å²) in [4.78, 5) is 0. The predicted molar refractivity (Wildman–Crippen MR) is 79.2 cm³/mol. The highest BCUT2D eigenvalue weighted by Gasteiger charge is 2.01. The Hall–Kier alpha value is -1.68. The Morgan fingerprint density at radius 1 is 1.30 bits per heavy atom. The maximum Gasteiger partial charge on any atom is 0.123 e. The molecule has 1 aromatic heterocycles. The molecule has 2 aromatic rings. The van der Waals surface area contributed by atoms with Gasteiger partial charge >= 0.3 is 0 Å². The smallest absolute Gasteiger partial charge is 0.123 e. The zero-order chi connectivity index (χ0) is 14.4. The third kappa shape index (κ3) is 4.78. The van der Waals surface area contributed by atoms with Crippen LogP contribution < -0.4 is 5.32 Å². The molecule has 0 saturated carbocycles. The van der Waals surface area contributed by atoms with Crippen LogP contribution in [0.4, 0.5) is 4.39 Å². The average molecular weight is 275 g/mol. The lowest BCUT2D eigenvalue weighted by Gasteiger charge is -2.06. The summed E-state index contributed by atoms with van der Waals surface area (Å²) in [5.41, 5.74) is 2.16. The van der Waals surface area contributed by atoms with Gasteiger partial charge in [-0.25, -0.2) is 4.39 Å². The second kappa shape index (κ2) is 7.20.